The van der Waals surface area contributed by atoms with Crippen LogP contribution in [0.15, 0.2) is 83.5 Å². The lowest BCUT2D eigenvalue weighted by Crippen LogP contribution is -2.41. The topological polar surface area (TPSA) is 71.8 Å². The van der Waals surface area contributed by atoms with E-state index in [2.05, 4.69) is 5.43 Å². The number of esters is 1. The molecule has 2 heterocycles. The second-order valence-electron chi connectivity index (χ2n) is 6.37. The van der Waals surface area contributed by atoms with Gasteiger partial charge < -0.3 is 9.15 Å². The molecule has 2 aromatic carbocycles. The maximum atomic E-state index is 12.8. The summed E-state index contributed by atoms with van der Waals surface area (Å²) in [6.07, 6.45) is 3.42. The number of nitrogens with one attached hydrogen (secondary N) is 1. The van der Waals surface area contributed by atoms with E-state index >= 15 is 0 Å². The number of halogens is 1. The van der Waals surface area contributed by atoms with Crippen molar-refractivity contribution in [1.29, 1.82) is 0 Å². The van der Waals surface area contributed by atoms with E-state index in [0.29, 0.717) is 16.3 Å². The molecule has 0 saturated heterocycles. The zero-order valence-electron chi connectivity index (χ0n) is 15.2. The van der Waals surface area contributed by atoms with E-state index in [1.165, 1.54) is 5.01 Å². The molecule has 0 unspecified atom stereocenters. The van der Waals surface area contributed by atoms with Gasteiger partial charge in [0, 0.05) is 5.02 Å². The number of hydrogen-bond donors (Lipinski definition) is 1. The number of hydrazine groups is 1. The smallest absolute Gasteiger partial charge is 0.338 e. The third-order valence-corrected chi connectivity index (χ3v) is 4.69. The first-order chi connectivity index (χ1) is 14.1. The van der Waals surface area contributed by atoms with Crippen molar-refractivity contribution in [2.45, 2.75) is 6.04 Å². The number of ether oxygens (including phenoxy) is 1. The summed E-state index contributed by atoms with van der Waals surface area (Å²) < 4.78 is 10.7. The molecular formula is C22H17ClN2O4. The summed E-state index contributed by atoms with van der Waals surface area (Å²) >= 11 is 5.96. The van der Waals surface area contributed by atoms with Gasteiger partial charge in [-0.3, -0.25) is 10.2 Å². The number of carbonyl (C=O) groups is 2. The van der Waals surface area contributed by atoms with Crippen LogP contribution < -0.4 is 5.43 Å². The molecular weight excluding hydrogens is 392 g/mol. The fourth-order valence-corrected chi connectivity index (χ4v) is 3.13. The van der Waals surface area contributed by atoms with E-state index in [1.807, 2.05) is 18.2 Å². The van der Waals surface area contributed by atoms with Gasteiger partial charge in [0.1, 0.15) is 11.8 Å². The minimum absolute atomic E-state index is 0.386. The molecule has 0 saturated carbocycles. The Hall–Kier alpha value is -3.51. The van der Waals surface area contributed by atoms with Crippen molar-refractivity contribution < 1.29 is 18.7 Å². The lowest BCUT2D eigenvalue weighted by atomic mass is 10.1. The van der Waals surface area contributed by atoms with Crippen LogP contribution in [-0.2, 0) is 9.53 Å². The molecule has 3 aromatic rings. The quantitative estimate of drug-likeness (QED) is 0.640. The zero-order valence-corrected chi connectivity index (χ0v) is 16.0. The molecule has 1 amide bonds. The Morgan fingerprint density at radius 2 is 1.79 bits per heavy atom. The van der Waals surface area contributed by atoms with E-state index in [1.54, 1.807) is 60.9 Å². The van der Waals surface area contributed by atoms with Crippen LogP contribution in [0.2, 0.25) is 5.02 Å². The van der Waals surface area contributed by atoms with Crippen LogP contribution in [0.1, 0.15) is 27.7 Å². The van der Waals surface area contributed by atoms with Crippen LogP contribution in [-0.4, -0.2) is 23.5 Å². The molecule has 1 atom stereocenters. The van der Waals surface area contributed by atoms with E-state index in [-0.39, 0.29) is 0 Å². The number of amides is 1. The van der Waals surface area contributed by atoms with Crippen molar-refractivity contribution >= 4 is 29.2 Å². The molecule has 146 valence electrons. The number of benzene rings is 2. The zero-order chi connectivity index (χ0) is 20.2. The third kappa shape index (κ3) is 4.17. The Balaban J connectivity index is 1.50. The Morgan fingerprint density at radius 1 is 1.03 bits per heavy atom. The summed E-state index contributed by atoms with van der Waals surface area (Å²) in [7, 11) is 0. The van der Waals surface area contributed by atoms with Gasteiger partial charge in [0.15, 0.2) is 6.61 Å². The van der Waals surface area contributed by atoms with Gasteiger partial charge in [0.2, 0.25) is 0 Å². The van der Waals surface area contributed by atoms with Gasteiger partial charge in [-0.2, -0.15) is 0 Å². The lowest BCUT2D eigenvalue weighted by Gasteiger charge is -2.23. The van der Waals surface area contributed by atoms with Crippen molar-refractivity contribution in [1.82, 2.24) is 10.4 Å². The molecule has 4 rings (SSSR count). The third-order valence-electron chi connectivity index (χ3n) is 4.44. The molecule has 1 N–H and O–H groups in total. The minimum atomic E-state index is -0.557. The lowest BCUT2D eigenvalue weighted by molar-refractivity contribution is -0.138. The van der Waals surface area contributed by atoms with Crippen LogP contribution >= 0.6 is 11.6 Å². The highest BCUT2D eigenvalue weighted by atomic mass is 35.5. The summed E-state index contributed by atoms with van der Waals surface area (Å²) in [5.74, 6) is -0.376. The standard InChI is InChI=1S/C22H17ClN2O4/c23-17-10-8-15(9-11-17)18-13-19(20-7-4-12-28-20)25(24-18)21(26)14-29-22(27)16-5-2-1-3-6-16/h1-13,19,24H,14H2/t19-/m1/s1. The first kappa shape index (κ1) is 18.8. The fraction of sp³-hybridized carbons (Fsp3) is 0.0909. The number of nitrogens with zero attached hydrogens (tertiary/aromatic N) is 1. The van der Waals surface area contributed by atoms with Crippen molar-refractivity contribution in [2.75, 3.05) is 6.61 Å². The summed E-state index contributed by atoms with van der Waals surface area (Å²) in [5, 5.41) is 2.01. The van der Waals surface area contributed by atoms with Gasteiger partial charge in [-0.25, -0.2) is 9.80 Å². The van der Waals surface area contributed by atoms with Crippen molar-refractivity contribution in [3.8, 4) is 0 Å². The molecule has 0 radical (unpaired) electrons. The van der Waals surface area contributed by atoms with Gasteiger partial charge in [-0.05, 0) is 48.0 Å². The van der Waals surface area contributed by atoms with E-state index in [4.69, 9.17) is 20.8 Å². The average Bonchev–Trinajstić information content (AvgIpc) is 3.43. The second kappa shape index (κ2) is 8.24. The van der Waals surface area contributed by atoms with E-state index in [0.717, 1.165) is 11.3 Å². The first-order valence-corrected chi connectivity index (χ1v) is 9.31. The molecule has 6 nitrogen and oxygen atoms in total. The largest absolute Gasteiger partial charge is 0.467 e. The van der Waals surface area contributed by atoms with Crippen molar-refractivity contribution in [2.24, 2.45) is 0 Å². The van der Waals surface area contributed by atoms with Crippen LogP contribution in [0.25, 0.3) is 5.70 Å². The molecule has 1 aromatic heterocycles. The van der Waals surface area contributed by atoms with Gasteiger partial charge >= 0.3 is 5.97 Å². The number of hydrogen-bond acceptors (Lipinski definition) is 5. The predicted octanol–water partition coefficient (Wildman–Crippen LogP) is 4.22. The van der Waals surface area contributed by atoms with Gasteiger partial charge in [0.05, 0.1) is 17.5 Å². The van der Waals surface area contributed by atoms with Crippen molar-refractivity contribution in [3.05, 3.63) is 101 Å². The SMILES string of the molecule is O=C(OCC(=O)N1NC(c2ccc(Cl)cc2)=C[C@@H]1c1ccco1)c1ccccc1. The Kier molecular flexibility index (Phi) is 5.35. The first-order valence-electron chi connectivity index (χ1n) is 8.94. The molecule has 0 fully saturated rings. The summed E-state index contributed by atoms with van der Waals surface area (Å²) in [4.78, 5) is 24.9. The van der Waals surface area contributed by atoms with Crippen molar-refractivity contribution in [3.63, 3.8) is 0 Å². The van der Waals surface area contributed by atoms with E-state index in [9.17, 15) is 9.59 Å². The number of carbonyl (C=O) groups excluding carboxylic acids is 2. The molecule has 29 heavy (non-hydrogen) atoms. The fourth-order valence-electron chi connectivity index (χ4n) is 3.00. The molecule has 0 bridgehead atoms. The van der Waals surface area contributed by atoms with Gasteiger partial charge in [-0.1, -0.05) is 41.9 Å². The normalized spacial score (nSPS) is 15.6. The minimum Gasteiger partial charge on any atom is -0.467 e. The van der Waals surface area contributed by atoms with E-state index < -0.39 is 24.5 Å². The highest BCUT2D eigenvalue weighted by Crippen LogP contribution is 2.32. The Labute approximate surface area is 172 Å². The summed E-state index contributed by atoms with van der Waals surface area (Å²) in [5.41, 5.74) is 5.06. The van der Waals surface area contributed by atoms with Gasteiger partial charge in [0.25, 0.3) is 5.91 Å². The maximum Gasteiger partial charge on any atom is 0.338 e. The van der Waals surface area contributed by atoms with Crippen LogP contribution in [0.4, 0.5) is 0 Å². The second-order valence-corrected chi connectivity index (χ2v) is 6.80. The van der Waals surface area contributed by atoms with Crippen LogP contribution in [0.3, 0.4) is 0 Å². The Morgan fingerprint density at radius 3 is 2.48 bits per heavy atom. The Bertz CT molecular complexity index is 1030. The predicted molar refractivity (Wildman–Crippen MR) is 108 cm³/mol. The highest BCUT2D eigenvalue weighted by Gasteiger charge is 2.33. The molecule has 1 aliphatic heterocycles. The molecule has 0 spiro atoms. The average molecular weight is 409 g/mol. The van der Waals surface area contributed by atoms with Gasteiger partial charge in [-0.15, -0.1) is 0 Å². The molecule has 0 aliphatic carbocycles. The number of furan rings is 1. The van der Waals surface area contributed by atoms with Crippen LogP contribution in [0, 0.1) is 0 Å². The monoisotopic (exact) mass is 408 g/mol. The molecule has 7 heteroatoms. The maximum absolute atomic E-state index is 12.8. The van der Waals surface area contributed by atoms with Crippen LogP contribution in [0.5, 0.6) is 0 Å². The molecule has 1 aliphatic rings. The number of rotatable bonds is 5. The summed E-state index contributed by atoms with van der Waals surface area (Å²) in [6.45, 7) is -0.403. The highest BCUT2D eigenvalue weighted by molar-refractivity contribution is 6.30. The summed E-state index contributed by atoms with van der Waals surface area (Å²) in [6, 6.07) is 18.8.